The lowest BCUT2D eigenvalue weighted by atomic mass is 10.0. The lowest BCUT2D eigenvalue weighted by Crippen LogP contribution is -2.48. The second-order valence-electron chi connectivity index (χ2n) is 6.47. The lowest BCUT2D eigenvalue weighted by Gasteiger charge is -2.31. The van der Waals surface area contributed by atoms with Crippen LogP contribution in [0, 0.1) is 0 Å². The first kappa shape index (κ1) is 19.4. The van der Waals surface area contributed by atoms with E-state index in [9.17, 15) is 4.79 Å². The van der Waals surface area contributed by atoms with Crippen LogP contribution in [0.4, 0.5) is 0 Å². The molecule has 0 saturated heterocycles. The van der Waals surface area contributed by atoms with E-state index < -0.39 is 11.5 Å². The lowest BCUT2D eigenvalue weighted by molar-refractivity contribution is -0.148. The minimum atomic E-state index is -0.751. The zero-order valence-corrected chi connectivity index (χ0v) is 14.1. The molecule has 120 valence electrons. The highest BCUT2D eigenvalue weighted by Crippen LogP contribution is 2.15. The van der Waals surface area contributed by atoms with E-state index in [0.717, 1.165) is 13.0 Å². The van der Waals surface area contributed by atoms with Gasteiger partial charge in [0.25, 0.3) is 0 Å². The molecule has 0 aliphatic heterocycles. The largest absolute Gasteiger partial charge is 0.480 e. The summed E-state index contributed by atoms with van der Waals surface area (Å²) in [4.78, 5) is 13.0. The Morgan fingerprint density at radius 3 is 1.70 bits per heavy atom. The molecule has 0 aromatic carbocycles. The van der Waals surface area contributed by atoms with Gasteiger partial charge < -0.3 is 5.11 Å². The minimum absolute atomic E-state index is 0.743. The minimum Gasteiger partial charge on any atom is -0.480 e. The van der Waals surface area contributed by atoms with Crippen LogP contribution in [0.5, 0.6) is 0 Å². The van der Waals surface area contributed by atoms with Crippen LogP contribution in [0.3, 0.4) is 0 Å². The van der Waals surface area contributed by atoms with Gasteiger partial charge in [-0.15, -0.1) is 0 Å². The highest BCUT2D eigenvalue weighted by Gasteiger charge is 2.31. The molecular weight excluding hydrogens is 250 g/mol. The molecule has 0 aromatic heterocycles. The Bertz CT molecular complexity index is 251. The molecule has 0 unspecified atom stereocenters. The van der Waals surface area contributed by atoms with E-state index in [2.05, 4.69) is 6.92 Å². The second kappa shape index (κ2) is 11.1. The maximum Gasteiger partial charge on any atom is 0.323 e. The van der Waals surface area contributed by atoms with Gasteiger partial charge >= 0.3 is 5.97 Å². The maximum absolute atomic E-state index is 11.1. The number of carboxylic acid groups (broad SMARTS) is 1. The van der Waals surface area contributed by atoms with E-state index in [1.807, 2.05) is 11.9 Å². The Hall–Kier alpha value is -0.570. The summed E-state index contributed by atoms with van der Waals surface area (Å²) in [6, 6.07) is 0. The standard InChI is InChI=1S/C17H35NO2/c1-5-6-7-8-9-10-11-12-13-14-15-18(4)17(2,3)16(19)20/h5-15H2,1-4H3,(H,19,20). The van der Waals surface area contributed by atoms with Crippen LogP contribution in [0.2, 0.25) is 0 Å². The predicted octanol–water partition coefficient (Wildman–Crippen LogP) is 4.70. The van der Waals surface area contributed by atoms with Crippen LogP contribution >= 0.6 is 0 Å². The Morgan fingerprint density at radius 1 is 0.900 bits per heavy atom. The Kier molecular flexibility index (Phi) is 10.8. The van der Waals surface area contributed by atoms with E-state index >= 15 is 0 Å². The Labute approximate surface area is 125 Å². The molecule has 0 aliphatic rings. The van der Waals surface area contributed by atoms with Gasteiger partial charge in [-0.2, -0.15) is 0 Å². The van der Waals surface area contributed by atoms with Crippen molar-refractivity contribution in [3.63, 3.8) is 0 Å². The van der Waals surface area contributed by atoms with E-state index in [0.29, 0.717) is 0 Å². The molecule has 0 atom stereocenters. The normalized spacial score (nSPS) is 12.1. The zero-order valence-electron chi connectivity index (χ0n) is 14.1. The molecule has 3 heteroatoms. The van der Waals surface area contributed by atoms with E-state index in [1.54, 1.807) is 13.8 Å². The number of hydrogen-bond acceptors (Lipinski definition) is 2. The van der Waals surface area contributed by atoms with Gasteiger partial charge in [-0.1, -0.05) is 64.7 Å². The first-order valence-electron chi connectivity index (χ1n) is 8.37. The fourth-order valence-corrected chi connectivity index (χ4v) is 2.28. The molecule has 3 nitrogen and oxygen atoms in total. The Balaban J connectivity index is 3.42. The van der Waals surface area contributed by atoms with Gasteiger partial charge in [-0.3, -0.25) is 9.69 Å². The third kappa shape index (κ3) is 8.57. The van der Waals surface area contributed by atoms with Gasteiger partial charge in [0.15, 0.2) is 0 Å². The van der Waals surface area contributed by atoms with Crippen LogP contribution < -0.4 is 0 Å². The van der Waals surface area contributed by atoms with Crippen molar-refractivity contribution in [3.05, 3.63) is 0 Å². The highest BCUT2D eigenvalue weighted by atomic mass is 16.4. The topological polar surface area (TPSA) is 40.5 Å². The van der Waals surface area contributed by atoms with Gasteiger partial charge in [-0.25, -0.2) is 0 Å². The summed E-state index contributed by atoms with van der Waals surface area (Å²) in [5.41, 5.74) is -0.751. The third-order valence-electron chi connectivity index (χ3n) is 4.32. The van der Waals surface area contributed by atoms with Crippen molar-refractivity contribution < 1.29 is 9.90 Å². The smallest absolute Gasteiger partial charge is 0.323 e. The van der Waals surface area contributed by atoms with Crippen LogP contribution in [0.25, 0.3) is 0 Å². The molecule has 0 aliphatic carbocycles. The van der Waals surface area contributed by atoms with Crippen molar-refractivity contribution in [2.24, 2.45) is 0 Å². The summed E-state index contributed by atoms with van der Waals surface area (Å²) in [6.07, 6.45) is 13.2. The monoisotopic (exact) mass is 285 g/mol. The number of hydrogen-bond donors (Lipinski definition) is 1. The molecular formula is C17H35NO2. The molecule has 0 rings (SSSR count). The van der Waals surface area contributed by atoms with Gasteiger partial charge in [0.2, 0.25) is 0 Å². The highest BCUT2D eigenvalue weighted by molar-refractivity contribution is 5.77. The molecule has 0 heterocycles. The molecule has 0 aromatic rings. The molecule has 20 heavy (non-hydrogen) atoms. The van der Waals surface area contributed by atoms with Crippen LogP contribution in [0.1, 0.15) is 85.0 Å². The van der Waals surface area contributed by atoms with Crippen molar-refractivity contribution in [2.45, 2.75) is 90.5 Å². The average Bonchev–Trinajstić information content (AvgIpc) is 2.40. The van der Waals surface area contributed by atoms with E-state index in [1.165, 1.54) is 57.8 Å². The molecule has 0 radical (unpaired) electrons. The molecule has 0 bridgehead atoms. The number of likely N-dealkylation sites (N-methyl/N-ethyl adjacent to an activating group) is 1. The summed E-state index contributed by atoms with van der Waals surface area (Å²) < 4.78 is 0. The molecule has 1 N–H and O–H groups in total. The van der Waals surface area contributed by atoms with Crippen molar-refractivity contribution in [1.29, 1.82) is 0 Å². The quantitative estimate of drug-likeness (QED) is 0.498. The number of rotatable bonds is 13. The SMILES string of the molecule is CCCCCCCCCCCCN(C)C(C)(C)C(=O)O. The third-order valence-corrected chi connectivity index (χ3v) is 4.32. The van der Waals surface area contributed by atoms with E-state index in [-0.39, 0.29) is 0 Å². The van der Waals surface area contributed by atoms with Crippen molar-refractivity contribution in [1.82, 2.24) is 4.90 Å². The fourth-order valence-electron chi connectivity index (χ4n) is 2.28. The van der Waals surface area contributed by atoms with Crippen molar-refractivity contribution in [2.75, 3.05) is 13.6 Å². The van der Waals surface area contributed by atoms with Gasteiger partial charge in [0.05, 0.1) is 0 Å². The van der Waals surface area contributed by atoms with Crippen LogP contribution in [-0.4, -0.2) is 35.1 Å². The summed E-state index contributed by atoms with van der Waals surface area (Å²) in [5.74, 6) is -0.743. The summed E-state index contributed by atoms with van der Waals surface area (Å²) in [7, 11) is 1.90. The summed E-state index contributed by atoms with van der Waals surface area (Å²) >= 11 is 0. The first-order valence-corrected chi connectivity index (χ1v) is 8.37. The van der Waals surface area contributed by atoms with Gasteiger partial charge in [0.1, 0.15) is 5.54 Å². The molecule has 0 amide bonds. The second-order valence-corrected chi connectivity index (χ2v) is 6.47. The average molecular weight is 285 g/mol. The Morgan fingerprint density at radius 2 is 1.30 bits per heavy atom. The number of carboxylic acids is 1. The van der Waals surface area contributed by atoms with E-state index in [4.69, 9.17) is 5.11 Å². The molecule has 0 saturated carbocycles. The van der Waals surface area contributed by atoms with Crippen molar-refractivity contribution in [3.8, 4) is 0 Å². The summed E-state index contributed by atoms with van der Waals surface area (Å²) in [6.45, 7) is 6.66. The number of carbonyl (C=O) groups is 1. The van der Waals surface area contributed by atoms with Crippen LogP contribution in [0.15, 0.2) is 0 Å². The predicted molar refractivity (Wildman–Crippen MR) is 86.2 cm³/mol. The van der Waals surface area contributed by atoms with Gasteiger partial charge in [0, 0.05) is 0 Å². The number of aliphatic carboxylic acids is 1. The fraction of sp³-hybridized carbons (Fsp3) is 0.941. The van der Waals surface area contributed by atoms with Crippen molar-refractivity contribution >= 4 is 5.97 Å². The van der Waals surface area contributed by atoms with Gasteiger partial charge in [-0.05, 0) is 33.9 Å². The molecule has 0 fully saturated rings. The first-order chi connectivity index (χ1) is 9.42. The van der Waals surface area contributed by atoms with Crippen LogP contribution in [-0.2, 0) is 4.79 Å². The maximum atomic E-state index is 11.1. The number of unbranched alkanes of at least 4 members (excludes halogenated alkanes) is 9. The molecule has 0 spiro atoms. The number of nitrogens with zero attached hydrogens (tertiary/aromatic N) is 1. The zero-order chi connectivity index (χ0) is 15.4. The summed E-state index contributed by atoms with van der Waals surface area (Å²) in [5, 5.41) is 9.13.